The Labute approximate surface area is 116 Å². The zero-order valence-electron chi connectivity index (χ0n) is 10.8. The van der Waals surface area contributed by atoms with Crippen molar-refractivity contribution in [2.45, 2.75) is 25.3 Å². The molecule has 0 aromatic heterocycles. The standard InChI is InChI=1S/C14H15N3O3/c15-8-9-2-1-3-11(6-9)16-14(20)17-12(7-13(18)19)10-4-5-10/h1-3,6,10,12H,4-5,7H2,(H,18,19)(H2,16,17,20). The fraction of sp³-hybridized carbons (Fsp3) is 0.357. The van der Waals surface area contributed by atoms with Crippen LogP contribution in [0.15, 0.2) is 24.3 Å². The summed E-state index contributed by atoms with van der Waals surface area (Å²) in [5.41, 5.74) is 0.957. The molecule has 1 unspecified atom stereocenters. The fourth-order valence-electron chi connectivity index (χ4n) is 2.02. The molecular weight excluding hydrogens is 258 g/mol. The lowest BCUT2D eigenvalue weighted by Crippen LogP contribution is -2.40. The first-order valence-corrected chi connectivity index (χ1v) is 6.38. The fourth-order valence-corrected chi connectivity index (χ4v) is 2.02. The Kier molecular flexibility index (Phi) is 4.20. The lowest BCUT2D eigenvalue weighted by molar-refractivity contribution is -0.137. The molecule has 0 aliphatic heterocycles. The van der Waals surface area contributed by atoms with Crippen molar-refractivity contribution < 1.29 is 14.7 Å². The highest BCUT2D eigenvalue weighted by atomic mass is 16.4. The molecule has 0 saturated heterocycles. The highest BCUT2D eigenvalue weighted by Gasteiger charge is 2.33. The summed E-state index contributed by atoms with van der Waals surface area (Å²) in [6, 6.07) is 7.74. The van der Waals surface area contributed by atoms with Crippen LogP contribution in [0.1, 0.15) is 24.8 Å². The van der Waals surface area contributed by atoms with E-state index in [1.807, 2.05) is 6.07 Å². The van der Waals surface area contributed by atoms with Crippen molar-refractivity contribution in [3.8, 4) is 6.07 Å². The number of aliphatic carboxylic acids is 1. The number of amides is 2. The monoisotopic (exact) mass is 273 g/mol. The maximum Gasteiger partial charge on any atom is 0.319 e. The van der Waals surface area contributed by atoms with E-state index in [9.17, 15) is 9.59 Å². The second kappa shape index (κ2) is 6.06. The molecule has 0 bridgehead atoms. The normalized spacial score (nSPS) is 14.9. The summed E-state index contributed by atoms with van der Waals surface area (Å²) in [7, 11) is 0. The maximum atomic E-state index is 11.8. The molecule has 6 nitrogen and oxygen atoms in total. The molecule has 2 amide bonds. The molecule has 2 rings (SSSR count). The Morgan fingerprint density at radius 3 is 2.80 bits per heavy atom. The molecule has 0 heterocycles. The van der Waals surface area contributed by atoms with Gasteiger partial charge in [-0.25, -0.2) is 4.79 Å². The van der Waals surface area contributed by atoms with E-state index in [1.165, 1.54) is 0 Å². The van der Waals surface area contributed by atoms with Gasteiger partial charge in [0.2, 0.25) is 0 Å². The van der Waals surface area contributed by atoms with Crippen molar-refractivity contribution in [3.63, 3.8) is 0 Å². The number of nitrogens with zero attached hydrogens (tertiary/aromatic N) is 1. The van der Waals surface area contributed by atoms with E-state index in [1.54, 1.807) is 24.3 Å². The predicted octanol–water partition coefficient (Wildman–Crippen LogP) is 1.93. The Hall–Kier alpha value is -2.55. The molecule has 1 aromatic rings. The number of carbonyl (C=O) groups excluding carboxylic acids is 1. The second-order valence-corrected chi connectivity index (χ2v) is 4.83. The third kappa shape index (κ3) is 3.99. The van der Waals surface area contributed by atoms with Crippen LogP contribution in [0.3, 0.4) is 0 Å². The first kappa shape index (κ1) is 13.9. The number of nitriles is 1. The summed E-state index contributed by atoms with van der Waals surface area (Å²) >= 11 is 0. The van der Waals surface area contributed by atoms with Crippen LogP contribution >= 0.6 is 0 Å². The van der Waals surface area contributed by atoms with Crippen LogP contribution in [-0.4, -0.2) is 23.1 Å². The van der Waals surface area contributed by atoms with E-state index >= 15 is 0 Å². The van der Waals surface area contributed by atoms with Crippen LogP contribution < -0.4 is 10.6 Å². The number of hydrogen-bond acceptors (Lipinski definition) is 3. The largest absolute Gasteiger partial charge is 0.481 e. The lowest BCUT2D eigenvalue weighted by Gasteiger charge is -2.16. The van der Waals surface area contributed by atoms with E-state index in [0.717, 1.165) is 12.8 Å². The van der Waals surface area contributed by atoms with E-state index in [4.69, 9.17) is 10.4 Å². The van der Waals surface area contributed by atoms with Crippen LogP contribution in [0.5, 0.6) is 0 Å². The molecule has 1 aliphatic rings. The van der Waals surface area contributed by atoms with Crippen molar-refractivity contribution in [2.75, 3.05) is 5.32 Å². The number of carbonyl (C=O) groups is 2. The Bertz CT molecular complexity index is 561. The van der Waals surface area contributed by atoms with Gasteiger partial charge in [0.1, 0.15) is 0 Å². The molecule has 20 heavy (non-hydrogen) atoms. The van der Waals surface area contributed by atoms with E-state index in [2.05, 4.69) is 10.6 Å². The topological polar surface area (TPSA) is 102 Å². The first-order chi connectivity index (χ1) is 9.58. The highest BCUT2D eigenvalue weighted by Crippen LogP contribution is 2.34. The van der Waals surface area contributed by atoms with Crippen LogP contribution in [0.2, 0.25) is 0 Å². The maximum absolute atomic E-state index is 11.8. The number of carboxylic acids is 1. The summed E-state index contributed by atoms with van der Waals surface area (Å²) in [5, 5.41) is 22.9. The van der Waals surface area contributed by atoms with Crippen LogP contribution in [0.4, 0.5) is 10.5 Å². The second-order valence-electron chi connectivity index (χ2n) is 4.83. The molecule has 1 saturated carbocycles. The highest BCUT2D eigenvalue weighted by molar-refractivity contribution is 5.90. The molecule has 0 radical (unpaired) electrons. The number of urea groups is 1. The van der Waals surface area contributed by atoms with E-state index < -0.39 is 12.0 Å². The summed E-state index contributed by atoms with van der Waals surface area (Å²) in [6.45, 7) is 0. The Morgan fingerprint density at radius 2 is 2.20 bits per heavy atom. The summed E-state index contributed by atoms with van der Waals surface area (Å²) in [4.78, 5) is 22.6. The summed E-state index contributed by atoms with van der Waals surface area (Å²) in [5.74, 6) is -0.670. The van der Waals surface area contributed by atoms with Gasteiger partial charge < -0.3 is 15.7 Å². The number of nitrogens with one attached hydrogen (secondary N) is 2. The number of benzene rings is 1. The van der Waals surface area contributed by atoms with Gasteiger partial charge in [0.25, 0.3) is 0 Å². The zero-order valence-corrected chi connectivity index (χ0v) is 10.8. The van der Waals surface area contributed by atoms with E-state index in [0.29, 0.717) is 11.3 Å². The smallest absolute Gasteiger partial charge is 0.319 e. The Morgan fingerprint density at radius 1 is 1.45 bits per heavy atom. The van der Waals surface area contributed by atoms with E-state index in [-0.39, 0.29) is 18.4 Å². The van der Waals surface area contributed by atoms with Crippen molar-refractivity contribution in [1.29, 1.82) is 5.26 Å². The molecule has 0 spiro atoms. The third-order valence-electron chi connectivity index (χ3n) is 3.15. The van der Waals surface area contributed by atoms with Crippen molar-refractivity contribution in [1.82, 2.24) is 5.32 Å². The quantitative estimate of drug-likeness (QED) is 0.762. The van der Waals surface area contributed by atoms with Gasteiger partial charge >= 0.3 is 12.0 Å². The van der Waals surface area contributed by atoms with Crippen molar-refractivity contribution in [2.24, 2.45) is 5.92 Å². The van der Waals surface area contributed by atoms with Gasteiger partial charge in [-0.1, -0.05) is 6.07 Å². The minimum Gasteiger partial charge on any atom is -0.481 e. The molecule has 1 aliphatic carbocycles. The molecule has 6 heteroatoms. The van der Waals surface area contributed by atoms with Crippen LogP contribution in [-0.2, 0) is 4.79 Å². The molecule has 3 N–H and O–H groups in total. The molecule has 1 aromatic carbocycles. The molecule has 104 valence electrons. The predicted molar refractivity (Wildman–Crippen MR) is 72.1 cm³/mol. The minimum absolute atomic E-state index is 0.0731. The van der Waals surface area contributed by atoms with Gasteiger partial charge in [-0.3, -0.25) is 4.79 Å². The number of hydrogen-bond donors (Lipinski definition) is 3. The molecule has 1 fully saturated rings. The number of anilines is 1. The number of rotatable bonds is 5. The SMILES string of the molecule is N#Cc1cccc(NC(=O)NC(CC(=O)O)C2CC2)c1. The van der Waals surface area contributed by atoms with Gasteiger partial charge in [-0.05, 0) is 37.0 Å². The van der Waals surface area contributed by atoms with Crippen LogP contribution in [0.25, 0.3) is 0 Å². The minimum atomic E-state index is -0.923. The molecular formula is C14H15N3O3. The van der Waals surface area contributed by atoms with Crippen molar-refractivity contribution >= 4 is 17.7 Å². The Balaban J connectivity index is 1.93. The number of carboxylic acid groups (broad SMARTS) is 1. The zero-order chi connectivity index (χ0) is 14.5. The van der Waals surface area contributed by atoms with Crippen molar-refractivity contribution in [3.05, 3.63) is 29.8 Å². The first-order valence-electron chi connectivity index (χ1n) is 6.38. The average Bonchev–Trinajstić information content (AvgIpc) is 3.21. The average molecular weight is 273 g/mol. The van der Waals surface area contributed by atoms with Crippen LogP contribution in [0, 0.1) is 17.2 Å². The van der Waals surface area contributed by atoms with Gasteiger partial charge in [0, 0.05) is 11.7 Å². The van der Waals surface area contributed by atoms with Gasteiger partial charge in [-0.2, -0.15) is 5.26 Å². The van der Waals surface area contributed by atoms with Gasteiger partial charge in [-0.15, -0.1) is 0 Å². The van der Waals surface area contributed by atoms with Gasteiger partial charge in [0.15, 0.2) is 0 Å². The lowest BCUT2D eigenvalue weighted by atomic mass is 10.1. The summed E-state index contributed by atoms with van der Waals surface area (Å²) in [6.07, 6.45) is 1.82. The summed E-state index contributed by atoms with van der Waals surface area (Å²) < 4.78 is 0. The van der Waals surface area contributed by atoms with Gasteiger partial charge in [0.05, 0.1) is 18.1 Å². The third-order valence-corrected chi connectivity index (χ3v) is 3.15. The molecule has 1 atom stereocenters.